The first-order valence-corrected chi connectivity index (χ1v) is 10.0. The van der Waals surface area contributed by atoms with E-state index in [-0.39, 0.29) is 11.8 Å². The van der Waals surface area contributed by atoms with E-state index in [4.69, 9.17) is 16.6 Å². The van der Waals surface area contributed by atoms with Crippen LogP contribution in [0, 0.1) is 0 Å². The number of piperidine rings is 1. The Balaban J connectivity index is 1.88. The predicted octanol–water partition coefficient (Wildman–Crippen LogP) is 5.43. The van der Waals surface area contributed by atoms with Crippen molar-refractivity contribution in [3.05, 3.63) is 65.2 Å². The standard InChI is InChI=1S/C20H21ClN2OS/c1-25-20(22-17-7-3-2-4-8-17)23-14-6-5-9-18(23)19(24)15-10-12-16(21)13-11-15/h2-4,7-8,10-13,18H,5-6,9,14H2,1H3/t18-/m1/s1. The van der Waals surface area contributed by atoms with Crippen LogP contribution in [0.15, 0.2) is 59.6 Å². The number of rotatable bonds is 3. The molecule has 3 rings (SSSR count). The first-order valence-electron chi connectivity index (χ1n) is 8.43. The summed E-state index contributed by atoms with van der Waals surface area (Å²) in [5.74, 6) is 0.145. The summed E-state index contributed by atoms with van der Waals surface area (Å²) < 4.78 is 0. The molecule has 1 aliphatic rings. The van der Waals surface area contributed by atoms with E-state index in [1.807, 2.05) is 48.7 Å². The molecule has 25 heavy (non-hydrogen) atoms. The maximum Gasteiger partial charge on any atom is 0.185 e. The lowest BCUT2D eigenvalue weighted by molar-refractivity contribution is 0.0854. The third kappa shape index (κ3) is 4.44. The van der Waals surface area contributed by atoms with Gasteiger partial charge in [-0.3, -0.25) is 4.79 Å². The second-order valence-corrected chi connectivity index (χ2v) is 7.22. The van der Waals surface area contributed by atoms with Crippen molar-refractivity contribution < 1.29 is 4.79 Å². The predicted molar refractivity (Wildman–Crippen MR) is 107 cm³/mol. The normalized spacial score (nSPS) is 18.2. The van der Waals surface area contributed by atoms with Gasteiger partial charge in [-0.1, -0.05) is 41.6 Å². The van der Waals surface area contributed by atoms with Gasteiger partial charge >= 0.3 is 0 Å². The molecule has 130 valence electrons. The van der Waals surface area contributed by atoms with Gasteiger partial charge in [0.1, 0.15) is 0 Å². The van der Waals surface area contributed by atoms with E-state index in [1.54, 1.807) is 23.9 Å². The molecule has 0 amide bonds. The van der Waals surface area contributed by atoms with Crippen LogP contribution in [0.4, 0.5) is 5.69 Å². The molecule has 0 aromatic heterocycles. The SMILES string of the molecule is CSC(=Nc1ccccc1)N1CCCC[C@@H]1C(=O)c1ccc(Cl)cc1. The molecule has 0 bridgehead atoms. The number of nitrogens with zero attached hydrogens (tertiary/aromatic N) is 2. The summed E-state index contributed by atoms with van der Waals surface area (Å²) in [6, 6.07) is 16.9. The molecule has 0 saturated carbocycles. The first kappa shape index (κ1) is 18.0. The molecule has 3 nitrogen and oxygen atoms in total. The second kappa shape index (κ2) is 8.54. The van der Waals surface area contributed by atoms with Crippen LogP contribution < -0.4 is 0 Å². The van der Waals surface area contributed by atoms with Crippen LogP contribution in [0.25, 0.3) is 0 Å². The van der Waals surface area contributed by atoms with Crippen LogP contribution in [0.1, 0.15) is 29.6 Å². The number of thioether (sulfide) groups is 1. The molecule has 0 aliphatic carbocycles. The quantitative estimate of drug-likeness (QED) is 0.409. The number of Topliss-reactive ketones (excluding diaryl/α,β-unsaturated/α-hetero) is 1. The highest BCUT2D eigenvalue weighted by Gasteiger charge is 2.31. The van der Waals surface area contributed by atoms with Crippen LogP contribution in [0.5, 0.6) is 0 Å². The number of carbonyl (C=O) groups is 1. The summed E-state index contributed by atoms with van der Waals surface area (Å²) >= 11 is 7.54. The summed E-state index contributed by atoms with van der Waals surface area (Å²) in [5, 5.41) is 1.55. The van der Waals surface area contributed by atoms with E-state index < -0.39 is 0 Å². The Labute approximate surface area is 158 Å². The van der Waals surface area contributed by atoms with Gasteiger partial charge in [-0.15, -0.1) is 0 Å². The van der Waals surface area contributed by atoms with E-state index >= 15 is 0 Å². The number of hydrogen-bond acceptors (Lipinski definition) is 3. The van der Waals surface area contributed by atoms with Gasteiger partial charge in [-0.2, -0.15) is 0 Å². The Morgan fingerprint density at radius 2 is 1.84 bits per heavy atom. The molecule has 0 radical (unpaired) electrons. The Morgan fingerprint density at radius 3 is 2.52 bits per heavy atom. The maximum absolute atomic E-state index is 13.0. The molecule has 0 unspecified atom stereocenters. The molecule has 1 saturated heterocycles. The van der Waals surface area contributed by atoms with E-state index in [0.717, 1.165) is 36.7 Å². The van der Waals surface area contributed by atoms with Crippen LogP contribution in [0.3, 0.4) is 0 Å². The highest BCUT2D eigenvalue weighted by molar-refractivity contribution is 8.13. The van der Waals surface area contributed by atoms with Gasteiger partial charge in [-0.05, 0) is 61.9 Å². The van der Waals surface area contributed by atoms with Crippen molar-refractivity contribution in [3.63, 3.8) is 0 Å². The second-order valence-electron chi connectivity index (χ2n) is 6.01. The Kier molecular flexibility index (Phi) is 6.16. The van der Waals surface area contributed by atoms with Gasteiger partial charge in [0.05, 0.1) is 11.7 Å². The van der Waals surface area contributed by atoms with Crippen LogP contribution in [0.2, 0.25) is 5.02 Å². The van der Waals surface area contributed by atoms with Gasteiger partial charge in [0.2, 0.25) is 0 Å². The minimum Gasteiger partial charge on any atom is -0.341 e. The molecule has 0 N–H and O–H groups in total. The van der Waals surface area contributed by atoms with Gasteiger partial charge < -0.3 is 4.90 Å². The van der Waals surface area contributed by atoms with Crippen molar-refractivity contribution in [2.24, 2.45) is 4.99 Å². The van der Waals surface area contributed by atoms with Crippen molar-refractivity contribution in [1.29, 1.82) is 0 Å². The van der Waals surface area contributed by atoms with E-state index in [9.17, 15) is 4.79 Å². The third-order valence-corrected chi connectivity index (χ3v) is 5.29. The van der Waals surface area contributed by atoms with Gasteiger partial charge in [0, 0.05) is 17.1 Å². The number of ketones is 1. The zero-order valence-electron chi connectivity index (χ0n) is 14.2. The van der Waals surface area contributed by atoms with E-state index in [1.165, 1.54) is 0 Å². The van der Waals surface area contributed by atoms with Crippen molar-refractivity contribution in [3.8, 4) is 0 Å². The summed E-state index contributed by atoms with van der Waals surface area (Å²) in [7, 11) is 0. The zero-order valence-corrected chi connectivity index (χ0v) is 15.8. The van der Waals surface area contributed by atoms with Crippen molar-refractivity contribution in [1.82, 2.24) is 4.90 Å². The van der Waals surface area contributed by atoms with Crippen LogP contribution in [-0.4, -0.2) is 34.7 Å². The minimum atomic E-state index is -0.162. The monoisotopic (exact) mass is 372 g/mol. The summed E-state index contributed by atoms with van der Waals surface area (Å²) in [5.41, 5.74) is 1.62. The number of hydrogen-bond donors (Lipinski definition) is 0. The summed E-state index contributed by atoms with van der Waals surface area (Å²) in [4.78, 5) is 20.0. The van der Waals surface area contributed by atoms with Crippen LogP contribution >= 0.6 is 23.4 Å². The summed E-state index contributed by atoms with van der Waals surface area (Å²) in [6.07, 6.45) is 5.02. The third-order valence-electron chi connectivity index (χ3n) is 4.34. The number of halogens is 1. The number of para-hydroxylation sites is 1. The molecular weight excluding hydrogens is 352 g/mol. The number of likely N-dealkylation sites (tertiary alicyclic amines) is 1. The Morgan fingerprint density at radius 1 is 1.12 bits per heavy atom. The zero-order chi connectivity index (χ0) is 17.6. The highest BCUT2D eigenvalue weighted by Crippen LogP contribution is 2.26. The molecular formula is C20H21ClN2OS. The van der Waals surface area contributed by atoms with Crippen molar-refractivity contribution in [2.75, 3.05) is 12.8 Å². The van der Waals surface area contributed by atoms with Crippen molar-refractivity contribution in [2.45, 2.75) is 25.3 Å². The molecule has 2 aromatic rings. The van der Waals surface area contributed by atoms with E-state index in [2.05, 4.69) is 4.90 Å². The number of carbonyl (C=O) groups excluding carboxylic acids is 1. The number of benzene rings is 2. The lowest BCUT2D eigenvalue weighted by Gasteiger charge is -2.36. The lowest BCUT2D eigenvalue weighted by atomic mass is 9.95. The molecule has 0 spiro atoms. The van der Waals surface area contributed by atoms with Gasteiger partial charge in [-0.25, -0.2) is 4.99 Å². The number of amidine groups is 1. The minimum absolute atomic E-state index is 0.145. The Bertz CT molecular complexity index is 746. The van der Waals surface area contributed by atoms with Gasteiger partial charge in [0.25, 0.3) is 0 Å². The molecule has 2 aromatic carbocycles. The van der Waals surface area contributed by atoms with Crippen molar-refractivity contribution >= 4 is 40.0 Å². The van der Waals surface area contributed by atoms with E-state index in [0.29, 0.717) is 10.6 Å². The molecule has 1 heterocycles. The lowest BCUT2D eigenvalue weighted by Crippen LogP contribution is -2.47. The Hall–Kier alpha value is -1.78. The number of aliphatic imine (C=N–C) groups is 1. The fourth-order valence-corrected chi connectivity index (χ4v) is 3.86. The smallest absolute Gasteiger partial charge is 0.185 e. The summed E-state index contributed by atoms with van der Waals surface area (Å²) in [6.45, 7) is 0.858. The molecule has 1 aliphatic heterocycles. The first-order chi connectivity index (χ1) is 12.2. The average Bonchev–Trinajstić information content (AvgIpc) is 2.67. The highest BCUT2D eigenvalue weighted by atomic mass is 35.5. The molecule has 1 fully saturated rings. The van der Waals surface area contributed by atoms with Gasteiger partial charge in [0.15, 0.2) is 11.0 Å². The molecule has 1 atom stereocenters. The fourth-order valence-electron chi connectivity index (χ4n) is 3.08. The molecule has 5 heteroatoms. The largest absolute Gasteiger partial charge is 0.341 e. The maximum atomic E-state index is 13.0. The van der Waals surface area contributed by atoms with Crippen LogP contribution in [-0.2, 0) is 0 Å². The fraction of sp³-hybridized carbons (Fsp3) is 0.300. The topological polar surface area (TPSA) is 32.7 Å². The average molecular weight is 373 g/mol.